The molecule has 0 aliphatic heterocycles. The smallest absolute Gasteiger partial charge is 0.147 e. The minimum atomic E-state index is -2.04. The van der Waals surface area contributed by atoms with Gasteiger partial charge in [0.25, 0.3) is 0 Å². The minimum absolute atomic E-state index is 0. The van der Waals surface area contributed by atoms with Gasteiger partial charge in [0.1, 0.15) is 0 Å². The van der Waals surface area contributed by atoms with Crippen LogP contribution >= 0.6 is 12.4 Å². The van der Waals surface area contributed by atoms with Gasteiger partial charge in [-0.25, -0.2) is 0 Å². The monoisotopic (exact) mass is 834 g/mol. The average molecular weight is 835 g/mol. The fourth-order valence-electron chi connectivity index (χ4n) is 8.13. The van der Waals surface area contributed by atoms with Crippen molar-refractivity contribution in [2.24, 2.45) is 0 Å². The zero-order valence-corrected chi connectivity index (χ0v) is 41.4. The number of hydrogen-bond donors (Lipinski definition) is 0. The molecule has 0 aliphatic carbocycles. The molecule has 0 aromatic heterocycles. The molecule has 0 aromatic carbocycles. The maximum Gasteiger partial charge on any atom is -0.147 e. The summed E-state index contributed by atoms with van der Waals surface area (Å²) in [5, 5.41) is 0. The summed E-state index contributed by atoms with van der Waals surface area (Å²) in [7, 11) is 0. The third kappa shape index (κ3) is 42.8. The first-order valence-corrected chi connectivity index (χ1v) is 27.8. The van der Waals surface area contributed by atoms with Crippen LogP contribution in [0.2, 0.25) is 0 Å². The number of nitrogens with zero attached hydrogens (tertiary/aromatic N) is 2. The van der Waals surface area contributed by atoms with Crippen molar-refractivity contribution in [3.05, 3.63) is 0 Å². The Morgan fingerprint density at radius 1 is 0.255 bits per heavy atom. The van der Waals surface area contributed by atoms with Crippen LogP contribution in [0, 0.1) is 0 Å². The molecule has 0 saturated carbocycles. The van der Waals surface area contributed by atoms with Crippen LogP contribution in [0.15, 0.2) is 0 Å². The van der Waals surface area contributed by atoms with Gasteiger partial charge in [-0.2, -0.15) is 0 Å². The predicted molar refractivity (Wildman–Crippen MR) is 249 cm³/mol. The van der Waals surface area contributed by atoms with Crippen molar-refractivity contribution in [3.63, 3.8) is 0 Å². The Morgan fingerprint density at radius 3 is 0.655 bits per heavy atom. The predicted octanol–water partition coefficient (Wildman–Crippen LogP) is 18.1. The largest absolute Gasteiger partial charge is 0.147 e. The van der Waals surface area contributed by atoms with Gasteiger partial charge in [0.2, 0.25) is 0 Å². The van der Waals surface area contributed by atoms with Gasteiger partial charge < -0.3 is 0 Å². The van der Waals surface area contributed by atoms with Crippen LogP contribution in [-0.2, 0) is 22.1 Å². The van der Waals surface area contributed by atoms with E-state index in [4.69, 9.17) is 3.32 Å². The normalized spacial score (nSPS) is 11.6. The topological polar surface area (TPSA) is 15.7 Å². The van der Waals surface area contributed by atoms with E-state index >= 15 is 0 Å². The van der Waals surface area contributed by atoms with Gasteiger partial charge >= 0.3 is 353 Å². The molecule has 0 saturated heterocycles. The van der Waals surface area contributed by atoms with E-state index in [1.807, 2.05) is 0 Å². The van der Waals surface area contributed by atoms with Crippen molar-refractivity contribution < 1.29 is 22.1 Å². The first-order valence-electron chi connectivity index (χ1n) is 25.7. The summed E-state index contributed by atoms with van der Waals surface area (Å²) in [6.07, 6.45) is 56.5. The summed E-state index contributed by atoms with van der Waals surface area (Å²) < 4.78 is 13.4. The molecule has 0 heterocycles. The molecule has 333 valence electrons. The Morgan fingerprint density at radius 2 is 0.436 bits per heavy atom. The molecule has 0 fully saturated rings. The van der Waals surface area contributed by atoms with Crippen molar-refractivity contribution >= 4 is 12.4 Å². The molecule has 0 bridgehead atoms. The summed E-state index contributed by atoms with van der Waals surface area (Å²) in [5.41, 5.74) is 0. The van der Waals surface area contributed by atoms with Crippen molar-refractivity contribution in [2.75, 3.05) is 32.8 Å². The van der Waals surface area contributed by atoms with Gasteiger partial charge in [-0.3, -0.25) is 0 Å². The third-order valence-electron chi connectivity index (χ3n) is 11.9. The molecule has 0 spiro atoms. The zero-order chi connectivity index (χ0) is 39.3. The summed E-state index contributed by atoms with van der Waals surface area (Å²) in [4.78, 5) is 0. The summed E-state index contributed by atoms with van der Waals surface area (Å²) in [5.74, 6) is 0. The van der Waals surface area contributed by atoms with E-state index in [9.17, 15) is 0 Å². The molecule has 0 rings (SSSR count). The fourth-order valence-corrected chi connectivity index (χ4v) is 12.0. The number of halogens is 1. The minimum Gasteiger partial charge on any atom is -0.147 e. The molecule has 0 aliphatic rings. The van der Waals surface area contributed by atoms with Crippen LogP contribution < -0.4 is 0 Å². The number of hydrogen-bond acceptors (Lipinski definition) is 3. The van der Waals surface area contributed by atoms with E-state index < -0.39 is 18.8 Å². The van der Waals surface area contributed by atoms with E-state index in [1.54, 1.807) is 0 Å². The first kappa shape index (κ1) is 58.0. The standard InChI is InChI=1S/2C20H42N.C10H21O.ClH.Ti/c2*1-3-5-7-9-11-13-15-17-19-21-20-18-16-14-12-10-8-6-4-2;1-2-3-4-5-6-7-8-9-10-11;;/h2*3-20H2,1-2H3;2-10H2,1H3;1H;/q3*-1;;+3. The van der Waals surface area contributed by atoms with E-state index in [2.05, 4.69) is 41.4 Å². The van der Waals surface area contributed by atoms with Gasteiger partial charge in [-0.15, -0.1) is 12.4 Å². The quantitative estimate of drug-likeness (QED) is 0.0449. The van der Waals surface area contributed by atoms with Crippen molar-refractivity contribution in [3.8, 4) is 0 Å². The van der Waals surface area contributed by atoms with E-state index in [-0.39, 0.29) is 12.4 Å². The Balaban J connectivity index is 0. The molecule has 0 N–H and O–H groups in total. The second kappa shape index (κ2) is 51.0. The average Bonchev–Trinajstić information content (AvgIpc) is 3.18. The third-order valence-corrected chi connectivity index (χ3v) is 15.7. The van der Waals surface area contributed by atoms with E-state index in [0.717, 1.165) is 6.61 Å². The Hall–Kier alpha value is 0.884. The van der Waals surface area contributed by atoms with Crippen LogP contribution in [0.25, 0.3) is 0 Å². The molecular formula is C50H106ClN2OTi. The molecule has 55 heavy (non-hydrogen) atoms. The van der Waals surface area contributed by atoms with Crippen molar-refractivity contribution in [1.82, 2.24) is 6.76 Å². The van der Waals surface area contributed by atoms with Gasteiger partial charge in [-0.1, -0.05) is 0 Å². The van der Waals surface area contributed by atoms with Crippen LogP contribution in [0.4, 0.5) is 0 Å². The zero-order valence-electron chi connectivity index (χ0n) is 39.0. The maximum atomic E-state index is 7.32. The molecule has 0 amide bonds. The summed E-state index contributed by atoms with van der Waals surface area (Å²) >= 11 is -2.04. The van der Waals surface area contributed by atoms with Gasteiger partial charge in [0.05, 0.1) is 0 Å². The SMILES string of the molecule is CCCCCCCCCC[O][Ti]([N](CCCCCCCCCC)CCCCCCCCCC)[N](CCCCCCCCCC)CCCCCCCCCC.Cl. The molecule has 0 unspecified atom stereocenters. The summed E-state index contributed by atoms with van der Waals surface area (Å²) in [6, 6.07) is 0. The van der Waals surface area contributed by atoms with Gasteiger partial charge in [-0.05, 0) is 0 Å². The summed E-state index contributed by atoms with van der Waals surface area (Å²) in [6.45, 7) is 17.9. The van der Waals surface area contributed by atoms with Crippen molar-refractivity contribution in [2.45, 2.75) is 291 Å². The maximum absolute atomic E-state index is 7.32. The molecule has 5 heteroatoms. The van der Waals surface area contributed by atoms with E-state index in [1.165, 1.54) is 283 Å². The fraction of sp³-hybridized carbons (Fsp3) is 1.00. The Bertz CT molecular complexity index is 586. The molecule has 3 nitrogen and oxygen atoms in total. The number of rotatable bonds is 48. The van der Waals surface area contributed by atoms with Crippen LogP contribution in [0.5, 0.6) is 0 Å². The molecule has 0 aromatic rings. The Kier molecular flexibility index (Phi) is 53.8. The van der Waals surface area contributed by atoms with Gasteiger partial charge in [0, 0.05) is 0 Å². The van der Waals surface area contributed by atoms with Gasteiger partial charge in [0.15, 0.2) is 0 Å². The molecule has 0 atom stereocenters. The van der Waals surface area contributed by atoms with Crippen LogP contribution in [-0.4, -0.2) is 39.5 Å². The van der Waals surface area contributed by atoms with Crippen LogP contribution in [0.3, 0.4) is 0 Å². The second-order valence-electron chi connectivity index (χ2n) is 17.5. The van der Waals surface area contributed by atoms with Crippen molar-refractivity contribution in [1.29, 1.82) is 0 Å². The van der Waals surface area contributed by atoms with Crippen LogP contribution in [0.1, 0.15) is 291 Å². The first-order chi connectivity index (χ1) is 26.7. The molecule has 0 radical (unpaired) electrons. The molecular weight excluding hydrogens is 728 g/mol. The Labute approximate surface area is 363 Å². The van der Waals surface area contributed by atoms with E-state index in [0.29, 0.717) is 0 Å². The number of unbranched alkanes of at least 4 members (excludes halogenated alkanes) is 35. The second-order valence-corrected chi connectivity index (χ2v) is 20.8.